The molecule has 3 amide bonds. The number of amides is 3. The van der Waals surface area contributed by atoms with E-state index >= 15 is 0 Å². The van der Waals surface area contributed by atoms with Gasteiger partial charge in [0.1, 0.15) is 6.54 Å². The van der Waals surface area contributed by atoms with Crippen LogP contribution in [0.1, 0.15) is 37.6 Å². The Kier molecular flexibility index (Phi) is 9.01. The second-order valence-electron chi connectivity index (χ2n) is 7.04. The van der Waals surface area contributed by atoms with Gasteiger partial charge in [-0.15, -0.1) is 11.3 Å². The molecule has 0 radical (unpaired) electrons. The van der Waals surface area contributed by atoms with Crippen LogP contribution in [0.25, 0.3) is 0 Å². The molecule has 0 aliphatic heterocycles. The maximum Gasteiger partial charge on any atom is 0.317 e. The standard InChI is InChI=1S/C22H31N3O2S/c1-4-18(3)14-25(22(27)23-5-2)17-21(26)24(16-20-12-9-13-28-20)15-19-10-7-6-8-11-19/h6-13,18H,4-5,14-17H2,1-3H3,(H,23,27)/t18-/m0/s1. The first-order chi connectivity index (χ1) is 13.5. The molecule has 1 N–H and O–H groups in total. The topological polar surface area (TPSA) is 52.7 Å². The van der Waals surface area contributed by atoms with Crippen molar-refractivity contribution in [2.75, 3.05) is 19.6 Å². The molecule has 5 nitrogen and oxygen atoms in total. The molecule has 152 valence electrons. The number of benzene rings is 1. The van der Waals surface area contributed by atoms with Gasteiger partial charge in [-0.2, -0.15) is 0 Å². The largest absolute Gasteiger partial charge is 0.338 e. The van der Waals surface area contributed by atoms with Gasteiger partial charge in [0, 0.05) is 24.5 Å². The summed E-state index contributed by atoms with van der Waals surface area (Å²) < 4.78 is 0. The SMILES string of the molecule is CCNC(=O)N(CC(=O)N(Cc1ccccc1)Cc1cccs1)C[C@@H](C)CC. The van der Waals surface area contributed by atoms with Gasteiger partial charge in [-0.1, -0.05) is 56.7 Å². The van der Waals surface area contributed by atoms with Crippen LogP contribution in [0.2, 0.25) is 0 Å². The van der Waals surface area contributed by atoms with E-state index in [1.54, 1.807) is 16.2 Å². The highest BCUT2D eigenvalue weighted by Gasteiger charge is 2.23. The minimum absolute atomic E-state index is 0.0354. The molecule has 0 spiro atoms. The lowest BCUT2D eigenvalue weighted by Gasteiger charge is -2.29. The summed E-state index contributed by atoms with van der Waals surface area (Å²) in [5, 5.41) is 4.85. The summed E-state index contributed by atoms with van der Waals surface area (Å²) >= 11 is 1.64. The van der Waals surface area contributed by atoms with Crippen molar-refractivity contribution in [2.45, 2.75) is 40.3 Å². The lowest BCUT2D eigenvalue weighted by Crippen LogP contribution is -2.47. The Morgan fingerprint density at radius 1 is 1.04 bits per heavy atom. The number of thiophene rings is 1. The van der Waals surface area contributed by atoms with Gasteiger partial charge in [-0.25, -0.2) is 4.79 Å². The van der Waals surface area contributed by atoms with Crippen LogP contribution in [0.5, 0.6) is 0 Å². The summed E-state index contributed by atoms with van der Waals surface area (Å²) in [6.07, 6.45) is 0.965. The van der Waals surface area contributed by atoms with Crippen LogP contribution in [0.3, 0.4) is 0 Å². The normalized spacial score (nSPS) is 11.7. The minimum Gasteiger partial charge on any atom is -0.338 e. The van der Waals surface area contributed by atoms with E-state index in [1.807, 2.05) is 59.7 Å². The molecular weight excluding hydrogens is 370 g/mol. The third-order valence-electron chi connectivity index (χ3n) is 4.67. The number of nitrogens with one attached hydrogen (secondary N) is 1. The Bertz CT molecular complexity index is 719. The fraction of sp³-hybridized carbons (Fsp3) is 0.455. The molecule has 0 saturated heterocycles. The predicted octanol–water partition coefficient (Wildman–Crippen LogP) is 4.35. The van der Waals surface area contributed by atoms with Crippen molar-refractivity contribution in [1.82, 2.24) is 15.1 Å². The monoisotopic (exact) mass is 401 g/mol. The van der Waals surface area contributed by atoms with Gasteiger partial charge in [0.25, 0.3) is 0 Å². The second kappa shape index (κ2) is 11.5. The van der Waals surface area contributed by atoms with Crippen LogP contribution >= 0.6 is 11.3 Å². The zero-order chi connectivity index (χ0) is 20.4. The van der Waals surface area contributed by atoms with E-state index in [-0.39, 0.29) is 18.5 Å². The molecule has 28 heavy (non-hydrogen) atoms. The van der Waals surface area contributed by atoms with Gasteiger partial charge in [-0.3, -0.25) is 4.79 Å². The zero-order valence-electron chi connectivity index (χ0n) is 17.1. The molecule has 1 aromatic carbocycles. The Labute approximate surface area is 172 Å². The van der Waals surface area contributed by atoms with Crippen molar-refractivity contribution in [1.29, 1.82) is 0 Å². The van der Waals surface area contributed by atoms with Gasteiger partial charge >= 0.3 is 6.03 Å². The number of rotatable bonds is 10. The Morgan fingerprint density at radius 2 is 1.79 bits per heavy atom. The van der Waals surface area contributed by atoms with Gasteiger partial charge in [0.2, 0.25) is 5.91 Å². The highest BCUT2D eigenvalue weighted by atomic mass is 32.1. The number of carbonyl (C=O) groups is 2. The average molecular weight is 402 g/mol. The predicted molar refractivity (Wildman–Crippen MR) is 115 cm³/mol. The van der Waals surface area contributed by atoms with Crippen molar-refractivity contribution >= 4 is 23.3 Å². The number of hydrogen-bond donors (Lipinski definition) is 1. The summed E-state index contributed by atoms with van der Waals surface area (Å²) in [6, 6.07) is 13.8. The molecule has 0 aliphatic carbocycles. The Balaban J connectivity index is 2.14. The van der Waals surface area contributed by atoms with E-state index < -0.39 is 0 Å². The zero-order valence-corrected chi connectivity index (χ0v) is 17.9. The van der Waals surface area contributed by atoms with Crippen LogP contribution in [-0.2, 0) is 17.9 Å². The average Bonchev–Trinajstić information content (AvgIpc) is 3.21. The van der Waals surface area contributed by atoms with Crippen molar-refractivity contribution in [3.63, 3.8) is 0 Å². The van der Waals surface area contributed by atoms with Gasteiger partial charge in [0.05, 0.1) is 6.54 Å². The van der Waals surface area contributed by atoms with Crippen LogP contribution in [-0.4, -0.2) is 41.4 Å². The number of hydrogen-bond acceptors (Lipinski definition) is 3. The molecule has 1 heterocycles. The lowest BCUT2D eigenvalue weighted by atomic mass is 10.1. The molecule has 0 aliphatic rings. The van der Waals surface area contributed by atoms with Crippen LogP contribution in [0.15, 0.2) is 47.8 Å². The molecule has 2 aromatic rings. The molecule has 2 rings (SSSR count). The number of nitrogens with zero attached hydrogens (tertiary/aromatic N) is 2. The van der Waals surface area contributed by atoms with Gasteiger partial charge in [-0.05, 0) is 29.9 Å². The molecule has 0 unspecified atom stereocenters. The summed E-state index contributed by atoms with van der Waals surface area (Å²) in [7, 11) is 0. The minimum atomic E-state index is -0.174. The summed E-state index contributed by atoms with van der Waals surface area (Å²) in [5.74, 6) is 0.307. The third kappa shape index (κ3) is 7.00. The summed E-state index contributed by atoms with van der Waals surface area (Å²) in [5.41, 5.74) is 1.08. The smallest absolute Gasteiger partial charge is 0.317 e. The highest BCUT2D eigenvalue weighted by molar-refractivity contribution is 7.09. The van der Waals surface area contributed by atoms with E-state index in [9.17, 15) is 9.59 Å². The molecule has 0 fully saturated rings. The first kappa shape index (κ1) is 22.0. The summed E-state index contributed by atoms with van der Waals surface area (Å²) in [4.78, 5) is 30.3. The second-order valence-corrected chi connectivity index (χ2v) is 8.08. The van der Waals surface area contributed by atoms with Crippen LogP contribution in [0.4, 0.5) is 4.79 Å². The van der Waals surface area contributed by atoms with E-state index in [2.05, 4.69) is 19.2 Å². The lowest BCUT2D eigenvalue weighted by molar-refractivity contribution is -0.133. The van der Waals surface area contributed by atoms with Crippen molar-refractivity contribution < 1.29 is 9.59 Å². The Hall–Kier alpha value is -2.34. The molecule has 1 aromatic heterocycles. The van der Waals surface area contributed by atoms with Crippen LogP contribution < -0.4 is 5.32 Å². The van der Waals surface area contributed by atoms with Crippen molar-refractivity contribution in [3.8, 4) is 0 Å². The van der Waals surface area contributed by atoms with Crippen molar-refractivity contribution in [2.24, 2.45) is 5.92 Å². The summed E-state index contributed by atoms with van der Waals surface area (Å²) in [6.45, 7) is 8.39. The van der Waals surface area contributed by atoms with Crippen LogP contribution in [0, 0.1) is 5.92 Å². The van der Waals surface area contributed by atoms with E-state index in [1.165, 1.54) is 0 Å². The van der Waals surface area contributed by atoms with Gasteiger partial charge < -0.3 is 15.1 Å². The van der Waals surface area contributed by atoms with E-state index in [4.69, 9.17) is 0 Å². The molecule has 0 bridgehead atoms. The van der Waals surface area contributed by atoms with E-state index in [0.717, 1.165) is 16.9 Å². The fourth-order valence-electron chi connectivity index (χ4n) is 2.88. The van der Waals surface area contributed by atoms with Crippen molar-refractivity contribution in [3.05, 3.63) is 58.3 Å². The molecular formula is C22H31N3O2S. The third-order valence-corrected chi connectivity index (χ3v) is 5.53. The number of urea groups is 1. The quantitative estimate of drug-likeness (QED) is 0.643. The highest BCUT2D eigenvalue weighted by Crippen LogP contribution is 2.15. The first-order valence-electron chi connectivity index (χ1n) is 9.90. The van der Waals surface area contributed by atoms with Gasteiger partial charge in [0.15, 0.2) is 0 Å². The van der Waals surface area contributed by atoms with E-state index in [0.29, 0.717) is 32.1 Å². The fourth-order valence-corrected chi connectivity index (χ4v) is 3.60. The Morgan fingerprint density at radius 3 is 2.39 bits per heavy atom. The molecule has 0 saturated carbocycles. The molecule has 6 heteroatoms. The first-order valence-corrected chi connectivity index (χ1v) is 10.8. The number of carbonyl (C=O) groups excluding carboxylic acids is 2. The maximum atomic E-state index is 13.2. The maximum absolute atomic E-state index is 13.2. The molecule has 1 atom stereocenters.